The average Bonchev–Trinajstić information content (AvgIpc) is 3.13. The molecule has 8 heteroatoms. The van der Waals surface area contributed by atoms with Crippen molar-refractivity contribution in [2.75, 3.05) is 11.5 Å². The van der Waals surface area contributed by atoms with Crippen LogP contribution >= 0.6 is 0 Å². The zero-order valence-corrected chi connectivity index (χ0v) is 14.7. The maximum atomic E-state index is 12.9. The molecule has 0 unspecified atom stereocenters. The maximum Gasteiger partial charge on any atom is 0.219 e. The fraction of sp³-hybridized carbons (Fsp3) is 0.0500. The number of nitrogen functional groups attached to an aromatic ring is 2. The molecule has 4 N–H and O–H groups in total. The van der Waals surface area contributed by atoms with E-state index in [0.717, 1.165) is 11.3 Å². The number of hydrogen-bond acceptors (Lipinski definition) is 7. The predicted octanol–water partition coefficient (Wildman–Crippen LogP) is 3.82. The van der Waals surface area contributed by atoms with Crippen molar-refractivity contribution < 1.29 is 13.7 Å². The summed E-state index contributed by atoms with van der Waals surface area (Å²) in [6.07, 6.45) is 2.21. The Hall–Kier alpha value is -3.94. The quantitative estimate of drug-likeness (QED) is 0.543. The van der Waals surface area contributed by atoms with E-state index in [-0.39, 0.29) is 11.6 Å². The summed E-state index contributed by atoms with van der Waals surface area (Å²) < 4.78 is 23.9. The maximum absolute atomic E-state index is 12.9. The Balaban J connectivity index is 1.45. The summed E-state index contributed by atoms with van der Waals surface area (Å²) in [6, 6.07) is 14.5. The monoisotopic (exact) mass is 377 g/mol. The van der Waals surface area contributed by atoms with Gasteiger partial charge in [-0.1, -0.05) is 11.2 Å². The van der Waals surface area contributed by atoms with E-state index in [1.54, 1.807) is 42.6 Å². The second-order valence-corrected chi connectivity index (χ2v) is 6.09. The van der Waals surface area contributed by atoms with E-state index in [4.69, 9.17) is 20.7 Å². The third kappa shape index (κ3) is 3.90. The third-order valence-electron chi connectivity index (χ3n) is 3.99. The largest absolute Gasteiger partial charge is 0.439 e. The van der Waals surface area contributed by atoms with Crippen molar-refractivity contribution in [2.24, 2.45) is 0 Å². The minimum atomic E-state index is -0.320. The van der Waals surface area contributed by atoms with Crippen LogP contribution in [0.15, 0.2) is 65.3 Å². The molecule has 3 heterocycles. The molecule has 0 aliphatic rings. The van der Waals surface area contributed by atoms with Gasteiger partial charge in [-0.05, 0) is 42.0 Å². The molecule has 4 aromatic rings. The van der Waals surface area contributed by atoms with Crippen LogP contribution in [0.1, 0.15) is 11.3 Å². The van der Waals surface area contributed by atoms with Crippen LogP contribution in [0.4, 0.5) is 16.0 Å². The van der Waals surface area contributed by atoms with Gasteiger partial charge in [0.2, 0.25) is 5.88 Å². The smallest absolute Gasteiger partial charge is 0.219 e. The van der Waals surface area contributed by atoms with E-state index in [1.807, 2.05) is 6.07 Å². The highest BCUT2D eigenvalue weighted by Gasteiger charge is 2.12. The van der Waals surface area contributed by atoms with Crippen LogP contribution < -0.4 is 16.2 Å². The molecule has 0 atom stereocenters. The number of aromatic nitrogens is 3. The van der Waals surface area contributed by atoms with E-state index in [0.29, 0.717) is 35.2 Å². The zero-order chi connectivity index (χ0) is 19.5. The average molecular weight is 377 g/mol. The van der Waals surface area contributed by atoms with Crippen LogP contribution in [-0.4, -0.2) is 15.1 Å². The van der Waals surface area contributed by atoms with Crippen molar-refractivity contribution in [1.29, 1.82) is 0 Å². The molecule has 4 rings (SSSR count). The van der Waals surface area contributed by atoms with Gasteiger partial charge in [-0.15, -0.1) is 0 Å². The number of rotatable bonds is 5. The van der Waals surface area contributed by atoms with Gasteiger partial charge in [0.05, 0.1) is 11.3 Å². The van der Waals surface area contributed by atoms with Gasteiger partial charge in [0.15, 0.2) is 5.76 Å². The first kappa shape index (κ1) is 17.5. The second-order valence-electron chi connectivity index (χ2n) is 6.09. The van der Waals surface area contributed by atoms with Gasteiger partial charge in [0, 0.05) is 24.8 Å². The topological polar surface area (TPSA) is 113 Å². The number of nitrogens with zero attached hydrogens (tertiary/aromatic N) is 3. The van der Waals surface area contributed by atoms with Gasteiger partial charge >= 0.3 is 0 Å². The van der Waals surface area contributed by atoms with Crippen LogP contribution in [0.5, 0.6) is 11.6 Å². The van der Waals surface area contributed by atoms with Gasteiger partial charge in [-0.3, -0.25) is 0 Å². The summed E-state index contributed by atoms with van der Waals surface area (Å²) in [5, 5.41) is 4.07. The summed E-state index contributed by atoms with van der Waals surface area (Å²) in [6.45, 7) is 0. The van der Waals surface area contributed by atoms with Crippen molar-refractivity contribution in [3.05, 3.63) is 77.9 Å². The molecule has 0 radical (unpaired) electrons. The number of benzene rings is 1. The van der Waals surface area contributed by atoms with Crippen molar-refractivity contribution in [3.8, 4) is 23.0 Å². The van der Waals surface area contributed by atoms with Crippen LogP contribution in [0.25, 0.3) is 11.3 Å². The highest BCUT2D eigenvalue weighted by atomic mass is 19.1. The lowest BCUT2D eigenvalue weighted by molar-refractivity contribution is 0.425. The van der Waals surface area contributed by atoms with Gasteiger partial charge < -0.3 is 20.7 Å². The minimum absolute atomic E-state index is 0.284. The van der Waals surface area contributed by atoms with Gasteiger partial charge in [0.25, 0.3) is 0 Å². The number of hydrogen-bond donors (Lipinski definition) is 2. The van der Waals surface area contributed by atoms with Crippen molar-refractivity contribution in [3.63, 3.8) is 0 Å². The lowest BCUT2D eigenvalue weighted by Crippen LogP contribution is -1.97. The third-order valence-corrected chi connectivity index (χ3v) is 3.99. The molecule has 0 aliphatic heterocycles. The Bertz CT molecular complexity index is 1090. The molecule has 3 aromatic heterocycles. The van der Waals surface area contributed by atoms with Gasteiger partial charge in [0.1, 0.15) is 23.2 Å². The van der Waals surface area contributed by atoms with Crippen molar-refractivity contribution >= 4 is 11.6 Å². The van der Waals surface area contributed by atoms with E-state index in [1.165, 1.54) is 12.1 Å². The molecule has 1 aromatic carbocycles. The lowest BCUT2D eigenvalue weighted by atomic mass is 10.1. The molecule has 0 aliphatic carbocycles. The van der Waals surface area contributed by atoms with E-state index >= 15 is 0 Å². The number of pyridine rings is 2. The van der Waals surface area contributed by atoms with E-state index in [9.17, 15) is 4.39 Å². The van der Waals surface area contributed by atoms with Crippen molar-refractivity contribution in [1.82, 2.24) is 15.1 Å². The van der Waals surface area contributed by atoms with Crippen LogP contribution in [0.3, 0.4) is 0 Å². The SMILES string of the molecule is Nc1ccc(-c2cc(Cc3ccc(Oc4ccc(F)cc4)nc3)no2)c(N)n1. The number of anilines is 2. The van der Waals surface area contributed by atoms with E-state index < -0.39 is 0 Å². The second kappa shape index (κ2) is 7.36. The molecule has 140 valence electrons. The van der Waals surface area contributed by atoms with Crippen molar-refractivity contribution in [2.45, 2.75) is 6.42 Å². The van der Waals surface area contributed by atoms with Gasteiger partial charge in [-0.25, -0.2) is 14.4 Å². The molecule has 0 bridgehead atoms. The molecule has 0 saturated heterocycles. The van der Waals surface area contributed by atoms with Crippen LogP contribution in [0, 0.1) is 5.82 Å². The summed E-state index contributed by atoms with van der Waals surface area (Å²) in [7, 11) is 0. The first-order valence-electron chi connectivity index (χ1n) is 8.43. The Morgan fingerprint density at radius 2 is 1.82 bits per heavy atom. The zero-order valence-electron chi connectivity index (χ0n) is 14.7. The summed E-state index contributed by atoms with van der Waals surface area (Å²) in [4.78, 5) is 8.28. The standard InChI is InChI=1S/C20H16FN5O2/c21-13-2-4-15(5-3-13)27-19-8-1-12(11-24-19)9-14-10-17(28-26-14)16-6-7-18(22)25-20(16)23/h1-8,10-11H,9H2,(H4,22,23,25). The van der Waals surface area contributed by atoms with E-state index in [2.05, 4.69) is 15.1 Å². The highest BCUT2D eigenvalue weighted by molar-refractivity contribution is 5.71. The summed E-state index contributed by atoms with van der Waals surface area (Å²) in [5.74, 6) is 1.75. The van der Waals surface area contributed by atoms with Gasteiger partial charge in [-0.2, -0.15) is 0 Å². The Kier molecular flexibility index (Phi) is 4.59. The number of halogens is 1. The lowest BCUT2D eigenvalue weighted by Gasteiger charge is -2.05. The molecule has 0 amide bonds. The fourth-order valence-corrected chi connectivity index (χ4v) is 2.63. The fourth-order valence-electron chi connectivity index (χ4n) is 2.63. The molecular weight excluding hydrogens is 361 g/mol. The molecule has 28 heavy (non-hydrogen) atoms. The number of ether oxygens (including phenoxy) is 1. The Morgan fingerprint density at radius 3 is 2.54 bits per heavy atom. The predicted molar refractivity (Wildman–Crippen MR) is 102 cm³/mol. The summed E-state index contributed by atoms with van der Waals surface area (Å²) >= 11 is 0. The molecule has 0 fully saturated rings. The summed E-state index contributed by atoms with van der Waals surface area (Å²) in [5.41, 5.74) is 13.8. The highest BCUT2D eigenvalue weighted by Crippen LogP contribution is 2.27. The Labute approximate surface area is 159 Å². The molecule has 7 nitrogen and oxygen atoms in total. The first-order valence-corrected chi connectivity index (χ1v) is 8.43. The minimum Gasteiger partial charge on any atom is -0.439 e. The molecule has 0 spiro atoms. The normalized spacial score (nSPS) is 10.8. The molecular formula is C20H16FN5O2. The van der Waals surface area contributed by atoms with Crippen LogP contribution in [0.2, 0.25) is 0 Å². The number of nitrogens with two attached hydrogens (primary N) is 2. The van der Waals surface area contributed by atoms with Crippen LogP contribution in [-0.2, 0) is 6.42 Å². The first-order chi connectivity index (χ1) is 13.6. The Morgan fingerprint density at radius 1 is 1.00 bits per heavy atom. The molecule has 0 saturated carbocycles.